The highest BCUT2D eigenvalue weighted by atomic mass is 32.2. The molecule has 1 amide bonds. The third-order valence-electron chi connectivity index (χ3n) is 3.19. The van der Waals surface area contributed by atoms with E-state index in [4.69, 9.17) is 0 Å². The first-order chi connectivity index (χ1) is 11.5. The van der Waals surface area contributed by atoms with Gasteiger partial charge in [0.15, 0.2) is 0 Å². The Hall–Kier alpha value is -2.97. The highest BCUT2D eigenvalue weighted by molar-refractivity contribution is 7.85. The second-order valence-electron chi connectivity index (χ2n) is 4.80. The average Bonchev–Trinajstić information content (AvgIpc) is 3.09. The van der Waals surface area contributed by atoms with E-state index in [1.165, 1.54) is 28.1 Å². The van der Waals surface area contributed by atoms with Gasteiger partial charge in [0, 0.05) is 17.8 Å². The van der Waals surface area contributed by atoms with Crippen LogP contribution in [-0.2, 0) is 10.1 Å². The van der Waals surface area contributed by atoms with Crippen LogP contribution in [-0.4, -0.2) is 28.8 Å². The van der Waals surface area contributed by atoms with Gasteiger partial charge in [0.05, 0.1) is 11.9 Å². The SMILES string of the molecule is O=C(c1ccccc1)N(c1cc[c]c(S(=O)(=O)O)c1)n1cccn1. The van der Waals surface area contributed by atoms with Crippen molar-refractivity contribution >= 4 is 21.7 Å². The van der Waals surface area contributed by atoms with Crippen molar-refractivity contribution in [3.8, 4) is 0 Å². The van der Waals surface area contributed by atoms with Crippen molar-refractivity contribution < 1.29 is 17.8 Å². The van der Waals surface area contributed by atoms with Gasteiger partial charge in [-0.1, -0.05) is 24.3 Å². The van der Waals surface area contributed by atoms with E-state index in [1.807, 2.05) is 0 Å². The summed E-state index contributed by atoms with van der Waals surface area (Å²) in [5, 5.41) is 5.22. The van der Waals surface area contributed by atoms with Crippen molar-refractivity contribution in [1.82, 2.24) is 9.89 Å². The molecule has 8 heteroatoms. The second-order valence-corrected chi connectivity index (χ2v) is 6.19. The zero-order valence-electron chi connectivity index (χ0n) is 12.3. The van der Waals surface area contributed by atoms with Crippen molar-refractivity contribution in [1.29, 1.82) is 0 Å². The first-order valence-electron chi connectivity index (χ1n) is 6.85. The van der Waals surface area contributed by atoms with Gasteiger partial charge < -0.3 is 0 Å². The molecule has 0 atom stereocenters. The smallest absolute Gasteiger partial charge is 0.282 e. The number of benzene rings is 2. The van der Waals surface area contributed by atoms with Crippen LogP contribution in [0.3, 0.4) is 0 Å². The summed E-state index contributed by atoms with van der Waals surface area (Å²) in [6.07, 6.45) is 3.04. The summed E-state index contributed by atoms with van der Waals surface area (Å²) < 4.78 is 31.9. The summed E-state index contributed by atoms with van der Waals surface area (Å²) in [6.45, 7) is 0. The molecule has 1 aromatic heterocycles. The van der Waals surface area contributed by atoms with Gasteiger partial charge in [-0.25, -0.2) is 0 Å². The molecule has 0 aliphatic carbocycles. The molecule has 0 saturated heterocycles. The average molecular weight is 342 g/mol. The summed E-state index contributed by atoms with van der Waals surface area (Å²) >= 11 is 0. The number of carbonyl (C=O) groups is 1. The Morgan fingerprint density at radius 2 is 1.92 bits per heavy atom. The number of anilines is 1. The molecule has 0 saturated carbocycles. The minimum atomic E-state index is -4.44. The van der Waals surface area contributed by atoms with Gasteiger partial charge in [-0.2, -0.15) is 23.3 Å². The molecule has 0 unspecified atom stereocenters. The summed E-state index contributed by atoms with van der Waals surface area (Å²) in [7, 11) is -4.44. The van der Waals surface area contributed by atoms with E-state index in [9.17, 15) is 17.8 Å². The van der Waals surface area contributed by atoms with Crippen molar-refractivity contribution in [2.75, 3.05) is 5.01 Å². The van der Waals surface area contributed by atoms with Crippen LogP contribution in [0.25, 0.3) is 0 Å². The number of amides is 1. The number of aromatic nitrogens is 2. The lowest BCUT2D eigenvalue weighted by Gasteiger charge is -2.22. The van der Waals surface area contributed by atoms with Gasteiger partial charge in [-0.05, 0) is 30.3 Å². The first-order valence-corrected chi connectivity index (χ1v) is 8.29. The number of rotatable bonds is 4. The maximum atomic E-state index is 12.8. The summed E-state index contributed by atoms with van der Waals surface area (Å²) in [4.78, 5) is 13.7. The predicted molar refractivity (Wildman–Crippen MR) is 86.0 cm³/mol. The number of nitrogens with zero attached hydrogens (tertiary/aromatic N) is 3. The minimum absolute atomic E-state index is 0.221. The zero-order chi connectivity index (χ0) is 17.2. The molecule has 1 heterocycles. The van der Waals surface area contributed by atoms with Crippen molar-refractivity contribution in [3.63, 3.8) is 0 Å². The molecule has 0 aliphatic heterocycles. The maximum absolute atomic E-state index is 12.8. The van der Waals surface area contributed by atoms with Crippen molar-refractivity contribution in [3.05, 3.63) is 78.6 Å². The van der Waals surface area contributed by atoms with Gasteiger partial charge in [0.2, 0.25) is 0 Å². The summed E-state index contributed by atoms with van der Waals surface area (Å²) in [5.74, 6) is -0.410. The van der Waals surface area contributed by atoms with Gasteiger partial charge in [-0.3, -0.25) is 9.35 Å². The molecule has 0 fully saturated rings. The van der Waals surface area contributed by atoms with Crippen molar-refractivity contribution in [2.24, 2.45) is 0 Å². The molecule has 0 spiro atoms. The lowest BCUT2D eigenvalue weighted by Crippen LogP contribution is -2.36. The fourth-order valence-electron chi connectivity index (χ4n) is 2.12. The van der Waals surface area contributed by atoms with Crippen LogP contribution >= 0.6 is 0 Å². The maximum Gasteiger partial charge on any atom is 0.295 e. The van der Waals surface area contributed by atoms with Gasteiger partial charge in [-0.15, -0.1) is 0 Å². The number of hydrogen-bond acceptors (Lipinski definition) is 4. The summed E-state index contributed by atoms with van der Waals surface area (Å²) in [5.41, 5.74) is 0.619. The van der Waals surface area contributed by atoms with Gasteiger partial charge in [0.25, 0.3) is 16.0 Å². The van der Waals surface area contributed by atoms with E-state index >= 15 is 0 Å². The molecule has 121 valence electrons. The number of hydrogen-bond donors (Lipinski definition) is 1. The summed E-state index contributed by atoms with van der Waals surface area (Å²) in [6, 6.07) is 16.5. The largest absolute Gasteiger partial charge is 0.295 e. The third kappa shape index (κ3) is 3.19. The van der Waals surface area contributed by atoms with E-state index in [1.54, 1.807) is 42.6 Å². The van der Waals surface area contributed by atoms with Gasteiger partial charge >= 0.3 is 0 Å². The molecule has 24 heavy (non-hydrogen) atoms. The number of carbonyl (C=O) groups excluding carboxylic acids is 1. The molecule has 7 nitrogen and oxygen atoms in total. The third-order valence-corrected chi connectivity index (χ3v) is 3.98. The van der Waals surface area contributed by atoms with Crippen LogP contribution in [0, 0.1) is 6.07 Å². The van der Waals surface area contributed by atoms with Crippen LogP contribution in [0.1, 0.15) is 10.4 Å². The molecule has 3 aromatic rings. The minimum Gasteiger partial charge on any atom is -0.282 e. The fraction of sp³-hybridized carbons (Fsp3) is 0. The van der Waals surface area contributed by atoms with E-state index in [0.29, 0.717) is 5.56 Å². The van der Waals surface area contributed by atoms with Crippen LogP contribution in [0.5, 0.6) is 0 Å². The molecule has 2 aromatic carbocycles. The quantitative estimate of drug-likeness (QED) is 0.733. The molecular weight excluding hydrogens is 330 g/mol. The van der Waals surface area contributed by atoms with Crippen LogP contribution in [0.15, 0.2) is 71.9 Å². The standard InChI is InChI=1S/C16H12N3O4S/c20-16(13-6-2-1-3-7-13)19(18-11-5-10-17-18)14-8-4-9-15(12-14)24(21,22)23/h1-8,10-12H,(H,21,22,23). The Morgan fingerprint density at radius 1 is 1.17 bits per heavy atom. The Balaban J connectivity index is 2.12. The van der Waals surface area contributed by atoms with Crippen LogP contribution < -0.4 is 5.01 Å². The molecule has 1 radical (unpaired) electrons. The molecular formula is C16H12N3O4S. The highest BCUT2D eigenvalue weighted by Crippen LogP contribution is 2.21. The fourth-order valence-corrected chi connectivity index (χ4v) is 2.61. The Bertz CT molecular complexity index is 954. The van der Waals surface area contributed by atoms with Crippen LogP contribution in [0.4, 0.5) is 5.69 Å². The van der Waals surface area contributed by atoms with Crippen LogP contribution in [0.2, 0.25) is 0 Å². The van der Waals surface area contributed by atoms with Gasteiger partial charge in [0.1, 0.15) is 4.90 Å². The molecule has 1 N–H and O–H groups in total. The lowest BCUT2D eigenvalue weighted by molar-refractivity contribution is 0.0972. The predicted octanol–water partition coefficient (Wildman–Crippen LogP) is 2.04. The lowest BCUT2D eigenvalue weighted by atomic mass is 10.2. The van der Waals surface area contributed by atoms with Crippen molar-refractivity contribution in [2.45, 2.75) is 4.90 Å². The van der Waals surface area contributed by atoms with E-state index in [2.05, 4.69) is 11.2 Å². The molecule has 0 bridgehead atoms. The van der Waals surface area contributed by atoms with E-state index < -0.39 is 20.9 Å². The zero-order valence-corrected chi connectivity index (χ0v) is 13.1. The van der Waals surface area contributed by atoms with E-state index in [0.717, 1.165) is 6.07 Å². The topological polar surface area (TPSA) is 92.5 Å². The Labute approximate surface area is 138 Å². The highest BCUT2D eigenvalue weighted by Gasteiger charge is 2.22. The Morgan fingerprint density at radius 3 is 2.54 bits per heavy atom. The van der Waals surface area contributed by atoms with E-state index in [-0.39, 0.29) is 5.69 Å². The monoisotopic (exact) mass is 342 g/mol. The second kappa shape index (κ2) is 6.26. The first kappa shape index (κ1) is 15.9. The molecule has 0 aliphatic rings. The Kier molecular flexibility index (Phi) is 4.15. The molecule has 3 rings (SSSR count). The normalized spacial score (nSPS) is 11.2.